The Bertz CT molecular complexity index is 989. The van der Waals surface area contributed by atoms with Gasteiger partial charge < -0.3 is 14.7 Å². The topological polar surface area (TPSA) is 88.0 Å². The summed E-state index contributed by atoms with van der Waals surface area (Å²) in [5.74, 6) is 1.29. The minimum atomic E-state index is -0.200. The molecule has 1 amide bonds. The number of hydrogen-bond acceptors (Lipinski definition) is 6. The van der Waals surface area contributed by atoms with E-state index in [9.17, 15) is 9.59 Å². The highest BCUT2D eigenvalue weighted by atomic mass is 32.2. The van der Waals surface area contributed by atoms with Gasteiger partial charge in [-0.1, -0.05) is 0 Å². The summed E-state index contributed by atoms with van der Waals surface area (Å²) < 4.78 is 5.41. The van der Waals surface area contributed by atoms with Gasteiger partial charge in [-0.2, -0.15) is 0 Å². The molecule has 1 saturated carbocycles. The molecule has 6 nitrogen and oxygen atoms in total. The molecule has 0 saturated heterocycles. The Morgan fingerprint density at radius 3 is 2.96 bits per heavy atom. The van der Waals surface area contributed by atoms with Crippen molar-refractivity contribution < 1.29 is 9.21 Å². The van der Waals surface area contributed by atoms with Crippen molar-refractivity contribution >= 4 is 39.2 Å². The molecule has 0 aromatic carbocycles. The average molecular weight is 390 g/mol. The van der Waals surface area contributed by atoms with Gasteiger partial charge in [0, 0.05) is 17.0 Å². The third-order valence-corrected chi connectivity index (χ3v) is 6.46. The zero-order valence-corrected chi connectivity index (χ0v) is 16.1. The van der Waals surface area contributed by atoms with E-state index in [0.717, 1.165) is 18.4 Å². The first-order chi connectivity index (χ1) is 12.5. The molecule has 26 heavy (non-hydrogen) atoms. The second-order valence-corrected chi connectivity index (χ2v) is 9.01. The molecule has 3 aromatic rings. The monoisotopic (exact) mass is 389 g/mol. The fourth-order valence-corrected chi connectivity index (χ4v) is 4.73. The fourth-order valence-electron chi connectivity index (χ4n) is 2.75. The van der Waals surface area contributed by atoms with E-state index in [-0.39, 0.29) is 22.0 Å². The van der Waals surface area contributed by atoms with Crippen molar-refractivity contribution in [2.24, 2.45) is 0 Å². The third-order valence-electron chi connectivity index (χ3n) is 4.34. The molecule has 1 fully saturated rings. The normalized spacial score (nSPS) is 16.5. The van der Waals surface area contributed by atoms with E-state index in [1.165, 1.54) is 23.1 Å². The maximum Gasteiger partial charge on any atom is 0.260 e. The SMILES string of the molecule is CC(SC(C)c1nc2scc(-c3ccco3)c2c(=O)[nH]1)C(=O)NC1CC1. The van der Waals surface area contributed by atoms with Crippen LogP contribution in [-0.4, -0.2) is 27.2 Å². The molecular weight excluding hydrogens is 370 g/mol. The number of fused-ring (bicyclic) bond motifs is 1. The first-order valence-electron chi connectivity index (χ1n) is 8.54. The molecule has 8 heteroatoms. The predicted octanol–water partition coefficient (Wildman–Crippen LogP) is 3.71. The van der Waals surface area contributed by atoms with Gasteiger partial charge in [-0.15, -0.1) is 23.1 Å². The van der Waals surface area contributed by atoms with Crippen molar-refractivity contribution in [3.05, 3.63) is 40.0 Å². The van der Waals surface area contributed by atoms with E-state index in [2.05, 4.69) is 15.3 Å². The van der Waals surface area contributed by atoms with Crippen molar-refractivity contribution in [3.63, 3.8) is 0 Å². The van der Waals surface area contributed by atoms with Gasteiger partial charge in [0.1, 0.15) is 16.4 Å². The number of aromatic amines is 1. The highest BCUT2D eigenvalue weighted by molar-refractivity contribution is 8.00. The summed E-state index contributed by atoms with van der Waals surface area (Å²) in [6.45, 7) is 3.84. The summed E-state index contributed by atoms with van der Waals surface area (Å²) in [6.07, 6.45) is 3.73. The van der Waals surface area contributed by atoms with E-state index < -0.39 is 0 Å². The third kappa shape index (κ3) is 3.43. The Hall–Kier alpha value is -2.06. The molecule has 2 N–H and O–H groups in total. The number of furan rings is 1. The number of thioether (sulfide) groups is 1. The Balaban J connectivity index is 1.57. The van der Waals surface area contributed by atoms with Crippen molar-refractivity contribution in [1.29, 1.82) is 0 Å². The van der Waals surface area contributed by atoms with E-state index >= 15 is 0 Å². The lowest BCUT2D eigenvalue weighted by molar-refractivity contribution is -0.120. The zero-order valence-electron chi connectivity index (χ0n) is 14.4. The van der Waals surface area contributed by atoms with Crippen molar-refractivity contribution in [3.8, 4) is 11.3 Å². The molecule has 0 spiro atoms. The summed E-state index contributed by atoms with van der Waals surface area (Å²) >= 11 is 2.91. The van der Waals surface area contributed by atoms with Crippen LogP contribution in [0.15, 0.2) is 33.0 Å². The lowest BCUT2D eigenvalue weighted by Crippen LogP contribution is -2.33. The molecule has 3 aromatic heterocycles. The maximum absolute atomic E-state index is 12.6. The molecular formula is C18H19N3O3S2. The summed E-state index contributed by atoms with van der Waals surface area (Å²) in [5, 5.41) is 5.15. The van der Waals surface area contributed by atoms with Crippen LogP contribution in [-0.2, 0) is 4.79 Å². The van der Waals surface area contributed by atoms with E-state index in [1.54, 1.807) is 12.3 Å². The van der Waals surface area contributed by atoms with Gasteiger partial charge >= 0.3 is 0 Å². The minimum absolute atomic E-state index is 0.0454. The van der Waals surface area contributed by atoms with Crippen LogP contribution in [0, 0.1) is 0 Å². The summed E-state index contributed by atoms with van der Waals surface area (Å²) in [4.78, 5) is 33.0. The van der Waals surface area contributed by atoms with Crippen molar-refractivity contribution in [1.82, 2.24) is 15.3 Å². The molecule has 2 unspecified atom stereocenters. The van der Waals surface area contributed by atoms with Crippen LogP contribution in [0.25, 0.3) is 21.5 Å². The summed E-state index contributed by atoms with van der Waals surface area (Å²) in [7, 11) is 0. The van der Waals surface area contributed by atoms with Gasteiger partial charge in [0.15, 0.2) is 0 Å². The second-order valence-electron chi connectivity index (χ2n) is 6.46. The van der Waals surface area contributed by atoms with Crippen LogP contribution in [0.3, 0.4) is 0 Å². The number of nitrogens with one attached hydrogen (secondary N) is 2. The number of carbonyl (C=O) groups is 1. The Labute approximate surface area is 158 Å². The second kappa shape index (κ2) is 6.92. The van der Waals surface area contributed by atoms with Crippen LogP contribution in [0.2, 0.25) is 0 Å². The Morgan fingerprint density at radius 2 is 2.27 bits per heavy atom. The van der Waals surface area contributed by atoms with Gasteiger partial charge in [-0.3, -0.25) is 9.59 Å². The van der Waals surface area contributed by atoms with Crippen LogP contribution >= 0.6 is 23.1 Å². The number of aromatic nitrogens is 2. The number of thiophene rings is 1. The summed E-state index contributed by atoms with van der Waals surface area (Å²) in [5.41, 5.74) is 0.577. The van der Waals surface area contributed by atoms with Crippen LogP contribution in [0.5, 0.6) is 0 Å². The van der Waals surface area contributed by atoms with Gasteiger partial charge in [-0.05, 0) is 38.8 Å². The number of nitrogens with zero attached hydrogens (tertiary/aromatic N) is 1. The minimum Gasteiger partial charge on any atom is -0.464 e. The Morgan fingerprint density at radius 1 is 1.46 bits per heavy atom. The lowest BCUT2D eigenvalue weighted by Gasteiger charge is -2.16. The Kier molecular flexibility index (Phi) is 4.62. The van der Waals surface area contributed by atoms with Crippen molar-refractivity contribution in [2.75, 3.05) is 0 Å². The van der Waals surface area contributed by atoms with Gasteiger partial charge in [0.05, 0.1) is 22.1 Å². The first kappa shape index (κ1) is 17.4. The fraction of sp³-hybridized carbons (Fsp3) is 0.389. The molecule has 0 radical (unpaired) electrons. The molecule has 1 aliphatic carbocycles. The quantitative estimate of drug-likeness (QED) is 0.671. The van der Waals surface area contributed by atoms with Crippen LogP contribution < -0.4 is 10.9 Å². The van der Waals surface area contributed by atoms with E-state index in [0.29, 0.717) is 27.8 Å². The highest BCUT2D eigenvalue weighted by Crippen LogP contribution is 2.34. The molecule has 0 bridgehead atoms. The largest absolute Gasteiger partial charge is 0.464 e. The number of H-pyrrole nitrogens is 1. The molecule has 1 aliphatic rings. The van der Waals surface area contributed by atoms with E-state index in [4.69, 9.17) is 4.42 Å². The average Bonchev–Trinajstić information content (AvgIpc) is 3.10. The van der Waals surface area contributed by atoms with Gasteiger partial charge in [0.2, 0.25) is 5.91 Å². The molecule has 0 aliphatic heterocycles. The smallest absolute Gasteiger partial charge is 0.260 e. The number of rotatable bonds is 6. The molecule has 136 valence electrons. The number of amides is 1. The number of carbonyl (C=O) groups excluding carboxylic acids is 1. The van der Waals surface area contributed by atoms with Crippen LogP contribution in [0.4, 0.5) is 0 Å². The van der Waals surface area contributed by atoms with Gasteiger partial charge in [0.25, 0.3) is 5.56 Å². The predicted molar refractivity (Wildman–Crippen MR) is 105 cm³/mol. The van der Waals surface area contributed by atoms with Crippen LogP contribution in [0.1, 0.15) is 37.8 Å². The zero-order chi connectivity index (χ0) is 18.3. The maximum atomic E-state index is 12.6. The molecule has 2 atom stereocenters. The van der Waals surface area contributed by atoms with Gasteiger partial charge in [-0.25, -0.2) is 4.98 Å². The number of hydrogen-bond donors (Lipinski definition) is 2. The molecule has 4 rings (SSSR count). The molecule has 3 heterocycles. The van der Waals surface area contributed by atoms with E-state index in [1.807, 2.05) is 25.3 Å². The standard InChI is InChI=1S/C18H19N3O3S2/c1-9(26-10(2)16(22)19-11-5-6-11)15-20-17(23)14-12(8-25-18(14)21-15)13-4-3-7-24-13/h3-4,7-11H,5-6H2,1-2H3,(H,19,22)(H,20,21,23). The van der Waals surface area contributed by atoms with Crippen molar-refractivity contribution in [2.45, 2.75) is 43.2 Å². The lowest BCUT2D eigenvalue weighted by atomic mass is 10.2. The highest BCUT2D eigenvalue weighted by Gasteiger charge is 2.27. The first-order valence-corrected chi connectivity index (χ1v) is 10.4. The summed E-state index contributed by atoms with van der Waals surface area (Å²) in [6, 6.07) is 3.97.